The fraction of sp³-hybridized carbons (Fsp3) is 0.263. The van der Waals surface area contributed by atoms with Crippen LogP contribution in [0.15, 0.2) is 53.4 Å². The zero-order valence-electron chi connectivity index (χ0n) is 15.2. The zero-order valence-corrected chi connectivity index (χ0v) is 16.9. The highest BCUT2D eigenvalue weighted by Crippen LogP contribution is 2.20. The van der Waals surface area contributed by atoms with Crippen molar-refractivity contribution in [3.63, 3.8) is 0 Å². The minimum absolute atomic E-state index is 0. The molecule has 0 aliphatic carbocycles. The van der Waals surface area contributed by atoms with Crippen LogP contribution in [0.25, 0.3) is 0 Å². The molecule has 0 saturated carbocycles. The first kappa shape index (κ1) is 22.8. The Hall–Kier alpha value is -2.22. The predicted molar refractivity (Wildman–Crippen MR) is 112 cm³/mol. The molecule has 0 saturated heterocycles. The fourth-order valence-corrected chi connectivity index (χ4v) is 2.63. The van der Waals surface area contributed by atoms with E-state index in [1.165, 1.54) is 0 Å². The largest absolute Gasteiger partial charge is 0.481 e. The van der Waals surface area contributed by atoms with Gasteiger partial charge in [0.2, 0.25) is 0 Å². The molecule has 146 valence electrons. The normalized spacial score (nSPS) is 11.1. The van der Waals surface area contributed by atoms with Crippen LogP contribution in [0.1, 0.15) is 17.3 Å². The molecule has 0 aliphatic rings. The molecule has 0 heterocycles. The molecule has 1 atom stereocenters. The molecular weight excluding hydrogens is 386 g/mol. The van der Waals surface area contributed by atoms with Crippen LogP contribution in [0, 0.1) is 0 Å². The highest BCUT2D eigenvalue weighted by Gasteiger charge is 2.18. The lowest BCUT2D eigenvalue weighted by molar-refractivity contribution is -0.122. The summed E-state index contributed by atoms with van der Waals surface area (Å²) in [6.07, 6.45) is 1.28. The van der Waals surface area contributed by atoms with Crippen LogP contribution < -0.4 is 21.1 Å². The van der Waals surface area contributed by atoms with Gasteiger partial charge in [-0.3, -0.25) is 9.59 Å². The van der Waals surface area contributed by atoms with E-state index in [0.29, 0.717) is 30.1 Å². The highest BCUT2D eigenvalue weighted by atomic mass is 35.5. The number of nitrogens with one attached hydrogen (secondary N) is 2. The Morgan fingerprint density at radius 3 is 2.44 bits per heavy atom. The lowest BCUT2D eigenvalue weighted by Crippen LogP contribution is -2.32. The second-order valence-corrected chi connectivity index (χ2v) is 6.39. The number of nitrogens with two attached hydrogens (primary N) is 1. The second-order valence-electron chi connectivity index (χ2n) is 5.52. The van der Waals surface area contributed by atoms with Gasteiger partial charge in [0.15, 0.2) is 6.10 Å². The SMILES string of the molecule is CSc1ccc(OC(C)C(=O)Nc2ccccc2C(=O)NCCN)cc1.Cl. The first-order valence-electron chi connectivity index (χ1n) is 8.24. The number of halogens is 1. The minimum atomic E-state index is -0.713. The van der Waals surface area contributed by atoms with Gasteiger partial charge in [0.25, 0.3) is 11.8 Å². The fourth-order valence-electron chi connectivity index (χ4n) is 2.22. The number of benzene rings is 2. The zero-order chi connectivity index (χ0) is 18.9. The standard InChI is InChI=1S/C19H23N3O3S.ClH/c1-13(25-14-7-9-15(26-2)10-8-14)18(23)22-17-6-4-3-5-16(17)19(24)21-12-11-20;/h3-10,13H,11-12,20H2,1-2H3,(H,21,24)(H,22,23);1H. The molecule has 0 spiro atoms. The number of rotatable bonds is 8. The Labute approximate surface area is 169 Å². The molecule has 2 aromatic carbocycles. The van der Waals surface area contributed by atoms with Crippen molar-refractivity contribution in [2.45, 2.75) is 17.9 Å². The average Bonchev–Trinajstić information content (AvgIpc) is 2.67. The van der Waals surface area contributed by atoms with Crippen LogP contribution in [0.4, 0.5) is 5.69 Å². The van der Waals surface area contributed by atoms with Crippen molar-refractivity contribution in [2.75, 3.05) is 24.7 Å². The molecule has 0 bridgehead atoms. The number of carbonyl (C=O) groups is 2. The van der Waals surface area contributed by atoms with Crippen molar-refractivity contribution in [2.24, 2.45) is 5.73 Å². The number of carbonyl (C=O) groups excluding carboxylic acids is 2. The first-order chi connectivity index (χ1) is 12.5. The van der Waals surface area contributed by atoms with Crippen LogP contribution in [-0.4, -0.2) is 37.3 Å². The molecule has 2 aromatic rings. The molecule has 2 rings (SSSR count). The maximum absolute atomic E-state index is 12.4. The number of anilines is 1. The number of thioether (sulfide) groups is 1. The monoisotopic (exact) mass is 409 g/mol. The smallest absolute Gasteiger partial charge is 0.265 e. The van der Waals surface area contributed by atoms with E-state index in [0.717, 1.165) is 4.90 Å². The number of amides is 2. The summed E-state index contributed by atoms with van der Waals surface area (Å²) in [4.78, 5) is 25.7. The van der Waals surface area contributed by atoms with E-state index < -0.39 is 6.10 Å². The van der Waals surface area contributed by atoms with Crippen molar-refractivity contribution >= 4 is 41.7 Å². The van der Waals surface area contributed by atoms with Gasteiger partial charge in [-0.15, -0.1) is 24.2 Å². The predicted octanol–water partition coefficient (Wildman–Crippen LogP) is 2.92. The Kier molecular flexibility index (Phi) is 9.71. The maximum Gasteiger partial charge on any atom is 0.265 e. The summed E-state index contributed by atoms with van der Waals surface area (Å²) < 4.78 is 5.67. The summed E-state index contributed by atoms with van der Waals surface area (Å²) >= 11 is 1.63. The molecular formula is C19H24ClN3O3S. The van der Waals surface area contributed by atoms with E-state index in [2.05, 4.69) is 10.6 Å². The minimum Gasteiger partial charge on any atom is -0.481 e. The van der Waals surface area contributed by atoms with Gasteiger partial charge >= 0.3 is 0 Å². The number of ether oxygens (including phenoxy) is 1. The van der Waals surface area contributed by atoms with Gasteiger partial charge in [-0.25, -0.2) is 0 Å². The van der Waals surface area contributed by atoms with Gasteiger partial charge in [0.1, 0.15) is 5.75 Å². The van der Waals surface area contributed by atoms with E-state index in [9.17, 15) is 9.59 Å². The molecule has 2 amide bonds. The van der Waals surface area contributed by atoms with Crippen molar-refractivity contribution < 1.29 is 14.3 Å². The van der Waals surface area contributed by atoms with Gasteiger partial charge in [0.05, 0.1) is 11.3 Å². The highest BCUT2D eigenvalue weighted by molar-refractivity contribution is 7.98. The second kappa shape index (κ2) is 11.5. The average molecular weight is 410 g/mol. The third-order valence-electron chi connectivity index (χ3n) is 3.60. The summed E-state index contributed by atoms with van der Waals surface area (Å²) in [7, 11) is 0. The van der Waals surface area contributed by atoms with E-state index in [1.807, 2.05) is 30.5 Å². The Balaban J connectivity index is 0.00000364. The summed E-state index contributed by atoms with van der Waals surface area (Å²) in [6, 6.07) is 14.3. The van der Waals surface area contributed by atoms with Crippen LogP contribution >= 0.6 is 24.2 Å². The molecule has 1 unspecified atom stereocenters. The van der Waals surface area contributed by atoms with Gasteiger partial charge in [-0.05, 0) is 49.6 Å². The van der Waals surface area contributed by atoms with Gasteiger partial charge in [0, 0.05) is 18.0 Å². The molecule has 4 N–H and O–H groups in total. The Bertz CT molecular complexity index is 756. The van der Waals surface area contributed by atoms with Crippen molar-refractivity contribution in [1.82, 2.24) is 5.32 Å². The molecule has 6 nitrogen and oxygen atoms in total. The molecule has 0 fully saturated rings. The van der Waals surface area contributed by atoms with Gasteiger partial charge in [-0.1, -0.05) is 12.1 Å². The van der Waals surface area contributed by atoms with Crippen molar-refractivity contribution in [3.8, 4) is 5.75 Å². The van der Waals surface area contributed by atoms with E-state index in [1.54, 1.807) is 43.0 Å². The van der Waals surface area contributed by atoms with Crippen LogP contribution in [-0.2, 0) is 4.79 Å². The molecule has 0 radical (unpaired) electrons. The summed E-state index contributed by atoms with van der Waals surface area (Å²) in [6.45, 7) is 2.38. The first-order valence-corrected chi connectivity index (χ1v) is 9.46. The Morgan fingerprint density at radius 2 is 1.81 bits per heavy atom. The molecule has 0 aromatic heterocycles. The van der Waals surface area contributed by atoms with Crippen LogP contribution in [0.2, 0.25) is 0 Å². The number of para-hydroxylation sites is 1. The molecule has 27 heavy (non-hydrogen) atoms. The lowest BCUT2D eigenvalue weighted by atomic mass is 10.1. The van der Waals surface area contributed by atoms with E-state index in [4.69, 9.17) is 10.5 Å². The van der Waals surface area contributed by atoms with Gasteiger partial charge < -0.3 is 21.1 Å². The third kappa shape index (κ3) is 6.78. The number of hydrogen-bond acceptors (Lipinski definition) is 5. The van der Waals surface area contributed by atoms with Crippen molar-refractivity contribution in [3.05, 3.63) is 54.1 Å². The summed E-state index contributed by atoms with van der Waals surface area (Å²) in [5, 5.41) is 5.44. The molecule has 8 heteroatoms. The third-order valence-corrected chi connectivity index (χ3v) is 4.34. The molecule has 0 aliphatic heterocycles. The van der Waals surface area contributed by atoms with E-state index >= 15 is 0 Å². The quantitative estimate of drug-likeness (QED) is 0.583. The van der Waals surface area contributed by atoms with Gasteiger partial charge in [-0.2, -0.15) is 0 Å². The van der Waals surface area contributed by atoms with Crippen LogP contribution in [0.3, 0.4) is 0 Å². The topological polar surface area (TPSA) is 93.4 Å². The summed E-state index contributed by atoms with van der Waals surface area (Å²) in [5.41, 5.74) is 6.21. The van der Waals surface area contributed by atoms with Crippen molar-refractivity contribution in [1.29, 1.82) is 0 Å². The lowest BCUT2D eigenvalue weighted by Gasteiger charge is -2.16. The maximum atomic E-state index is 12.4. The summed E-state index contributed by atoms with van der Waals surface area (Å²) in [5.74, 6) is -0.00924. The van der Waals surface area contributed by atoms with Crippen LogP contribution in [0.5, 0.6) is 5.75 Å². The number of hydrogen-bond donors (Lipinski definition) is 3. The Morgan fingerprint density at radius 1 is 1.15 bits per heavy atom. The van der Waals surface area contributed by atoms with E-state index in [-0.39, 0.29) is 24.2 Å².